The molecule has 0 aliphatic carbocycles. The fourth-order valence-corrected chi connectivity index (χ4v) is 3.40. The monoisotopic (exact) mass is 362 g/mol. The maximum absolute atomic E-state index is 12.2. The molecule has 1 aliphatic rings. The van der Waals surface area contributed by atoms with Crippen LogP contribution in [0.4, 0.5) is 0 Å². The number of ether oxygens (including phenoxy) is 1. The van der Waals surface area contributed by atoms with Crippen molar-refractivity contribution in [2.75, 3.05) is 13.2 Å². The van der Waals surface area contributed by atoms with Crippen LogP contribution in [0.25, 0.3) is 5.82 Å². The number of benzene rings is 1. The van der Waals surface area contributed by atoms with Crippen LogP contribution in [0, 0.1) is 0 Å². The summed E-state index contributed by atoms with van der Waals surface area (Å²) in [6.07, 6.45) is 4.54. The van der Waals surface area contributed by atoms with Crippen molar-refractivity contribution in [2.45, 2.75) is 26.4 Å². The first-order valence-electron chi connectivity index (χ1n) is 9.21. The second kappa shape index (κ2) is 7.72. The number of rotatable bonds is 5. The van der Waals surface area contributed by atoms with Gasteiger partial charge in [0.1, 0.15) is 5.56 Å². The Hall–Kier alpha value is -2.99. The number of pyridine rings is 1. The van der Waals surface area contributed by atoms with Crippen LogP contribution in [-0.2, 0) is 24.2 Å². The second-order valence-corrected chi connectivity index (χ2v) is 6.59. The minimum atomic E-state index is -0.375. The molecule has 0 radical (unpaired) electrons. The first-order chi connectivity index (χ1) is 13.2. The number of esters is 1. The Labute approximate surface area is 158 Å². The fourth-order valence-electron chi connectivity index (χ4n) is 3.40. The molecule has 0 bridgehead atoms. The number of fused-ring (bicyclic) bond motifs is 1. The van der Waals surface area contributed by atoms with Gasteiger partial charge in [-0.2, -0.15) is 5.10 Å². The lowest BCUT2D eigenvalue weighted by Crippen LogP contribution is -2.29. The Morgan fingerprint density at radius 2 is 2.04 bits per heavy atom. The molecule has 0 saturated heterocycles. The smallest absolute Gasteiger partial charge is 0.341 e. The average Bonchev–Trinajstić information content (AvgIpc) is 3.12. The van der Waals surface area contributed by atoms with Crippen LogP contribution in [0.2, 0.25) is 0 Å². The standard InChI is InChI=1S/C21H22N4O2/c1-2-27-21(26)18-9-6-11-22-20(18)25-15-17-14-24(12-10-19(17)23-25)13-16-7-4-3-5-8-16/h3-9,11,15H,2,10,12-14H2,1H3. The molecule has 0 fully saturated rings. The fraction of sp³-hybridized carbons (Fsp3) is 0.286. The van der Waals surface area contributed by atoms with Crippen molar-refractivity contribution >= 4 is 5.97 Å². The number of carbonyl (C=O) groups is 1. The van der Waals surface area contributed by atoms with E-state index in [9.17, 15) is 4.79 Å². The van der Waals surface area contributed by atoms with Crippen LogP contribution in [0.3, 0.4) is 0 Å². The van der Waals surface area contributed by atoms with E-state index in [1.54, 1.807) is 29.9 Å². The number of carbonyl (C=O) groups excluding carboxylic acids is 1. The van der Waals surface area contributed by atoms with Crippen LogP contribution in [0.15, 0.2) is 54.9 Å². The first-order valence-corrected chi connectivity index (χ1v) is 9.21. The van der Waals surface area contributed by atoms with E-state index in [4.69, 9.17) is 4.74 Å². The van der Waals surface area contributed by atoms with Gasteiger partial charge in [-0.3, -0.25) is 4.90 Å². The molecule has 4 rings (SSSR count). The van der Waals surface area contributed by atoms with E-state index in [0.29, 0.717) is 18.0 Å². The predicted molar refractivity (Wildman–Crippen MR) is 102 cm³/mol. The van der Waals surface area contributed by atoms with Crippen molar-refractivity contribution in [1.82, 2.24) is 19.7 Å². The Balaban J connectivity index is 1.57. The molecule has 0 N–H and O–H groups in total. The zero-order valence-electron chi connectivity index (χ0n) is 15.3. The van der Waals surface area contributed by atoms with Gasteiger partial charge >= 0.3 is 5.97 Å². The first kappa shape index (κ1) is 17.4. The summed E-state index contributed by atoms with van der Waals surface area (Å²) in [4.78, 5) is 19.0. The minimum Gasteiger partial charge on any atom is -0.462 e. The normalized spacial score (nSPS) is 14.0. The molecule has 0 saturated carbocycles. The lowest BCUT2D eigenvalue weighted by atomic mass is 10.1. The Bertz CT molecular complexity index is 936. The van der Waals surface area contributed by atoms with Gasteiger partial charge in [-0.05, 0) is 24.6 Å². The van der Waals surface area contributed by atoms with Gasteiger partial charge in [0.05, 0.1) is 12.3 Å². The molecule has 1 aromatic carbocycles. The third-order valence-electron chi connectivity index (χ3n) is 4.68. The van der Waals surface area contributed by atoms with Gasteiger partial charge in [0.15, 0.2) is 5.82 Å². The van der Waals surface area contributed by atoms with Gasteiger partial charge in [0, 0.05) is 44.0 Å². The van der Waals surface area contributed by atoms with Crippen molar-refractivity contribution < 1.29 is 9.53 Å². The van der Waals surface area contributed by atoms with Crippen LogP contribution < -0.4 is 0 Å². The van der Waals surface area contributed by atoms with E-state index in [-0.39, 0.29) is 5.97 Å². The van der Waals surface area contributed by atoms with Gasteiger partial charge < -0.3 is 4.74 Å². The van der Waals surface area contributed by atoms with Gasteiger partial charge in [-0.1, -0.05) is 30.3 Å². The van der Waals surface area contributed by atoms with Gasteiger partial charge in [0.25, 0.3) is 0 Å². The van der Waals surface area contributed by atoms with Gasteiger partial charge in [0.2, 0.25) is 0 Å². The summed E-state index contributed by atoms with van der Waals surface area (Å²) < 4.78 is 6.86. The number of nitrogens with zero attached hydrogens (tertiary/aromatic N) is 4. The third-order valence-corrected chi connectivity index (χ3v) is 4.68. The lowest BCUT2D eigenvalue weighted by molar-refractivity contribution is 0.0525. The minimum absolute atomic E-state index is 0.331. The summed E-state index contributed by atoms with van der Waals surface area (Å²) in [5, 5.41) is 4.69. The molecular weight excluding hydrogens is 340 g/mol. The number of hydrogen-bond acceptors (Lipinski definition) is 5. The SMILES string of the molecule is CCOC(=O)c1cccnc1-n1cc2c(n1)CCN(Cc1ccccc1)C2. The molecular formula is C21H22N4O2. The molecule has 0 unspecified atom stereocenters. The maximum atomic E-state index is 12.2. The number of aromatic nitrogens is 3. The van der Waals surface area contributed by atoms with Crippen LogP contribution in [-0.4, -0.2) is 38.8 Å². The van der Waals surface area contributed by atoms with E-state index in [1.165, 1.54) is 11.1 Å². The third kappa shape index (κ3) is 3.75. The quantitative estimate of drug-likeness (QED) is 0.653. The van der Waals surface area contributed by atoms with Gasteiger partial charge in [-0.25, -0.2) is 14.5 Å². The largest absolute Gasteiger partial charge is 0.462 e. The highest BCUT2D eigenvalue weighted by Crippen LogP contribution is 2.22. The predicted octanol–water partition coefficient (Wildman–Crippen LogP) is 3.00. The summed E-state index contributed by atoms with van der Waals surface area (Å²) in [5.74, 6) is 0.139. The summed E-state index contributed by atoms with van der Waals surface area (Å²) in [6, 6.07) is 13.9. The van der Waals surface area contributed by atoms with E-state index in [0.717, 1.165) is 31.7 Å². The average molecular weight is 362 g/mol. The zero-order valence-corrected chi connectivity index (χ0v) is 15.3. The molecule has 2 aromatic heterocycles. The number of hydrogen-bond donors (Lipinski definition) is 0. The van der Waals surface area contributed by atoms with Crippen molar-refractivity contribution in [3.05, 3.63) is 77.2 Å². The Morgan fingerprint density at radius 1 is 1.19 bits per heavy atom. The van der Waals surface area contributed by atoms with E-state index < -0.39 is 0 Å². The van der Waals surface area contributed by atoms with E-state index in [2.05, 4.69) is 39.2 Å². The van der Waals surface area contributed by atoms with Crippen LogP contribution >= 0.6 is 0 Å². The molecule has 0 atom stereocenters. The molecule has 138 valence electrons. The molecule has 1 aliphatic heterocycles. The molecule has 27 heavy (non-hydrogen) atoms. The topological polar surface area (TPSA) is 60.2 Å². The highest BCUT2D eigenvalue weighted by molar-refractivity contribution is 5.92. The molecule has 6 heteroatoms. The summed E-state index contributed by atoms with van der Waals surface area (Å²) in [7, 11) is 0. The van der Waals surface area contributed by atoms with Crippen molar-refractivity contribution in [1.29, 1.82) is 0 Å². The summed E-state index contributed by atoms with van der Waals surface area (Å²) in [6.45, 7) is 4.85. The molecule has 3 aromatic rings. The summed E-state index contributed by atoms with van der Waals surface area (Å²) >= 11 is 0. The highest BCUT2D eigenvalue weighted by atomic mass is 16.5. The maximum Gasteiger partial charge on any atom is 0.341 e. The Kier molecular flexibility index (Phi) is 4.98. The Morgan fingerprint density at radius 3 is 2.85 bits per heavy atom. The molecule has 6 nitrogen and oxygen atoms in total. The van der Waals surface area contributed by atoms with E-state index >= 15 is 0 Å². The molecule has 3 heterocycles. The van der Waals surface area contributed by atoms with Crippen molar-refractivity contribution in [3.63, 3.8) is 0 Å². The highest BCUT2D eigenvalue weighted by Gasteiger charge is 2.22. The molecule has 0 amide bonds. The summed E-state index contributed by atoms with van der Waals surface area (Å²) in [5.41, 5.74) is 3.99. The van der Waals surface area contributed by atoms with Crippen LogP contribution in [0.5, 0.6) is 0 Å². The molecule has 0 spiro atoms. The van der Waals surface area contributed by atoms with E-state index in [1.807, 2.05) is 12.3 Å². The zero-order chi connectivity index (χ0) is 18.6. The van der Waals surface area contributed by atoms with Crippen molar-refractivity contribution in [2.24, 2.45) is 0 Å². The van der Waals surface area contributed by atoms with Crippen LogP contribution in [0.1, 0.15) is 34.1 Å². The van der Waals surface area contributed by atoms with Crippen molar-refractivity contribution in [3.8, 4) is 5.82 Å². The lowest BCUT2D eigenvalue weighted by Gasteiger charge is -2.25. The van der Waals surface area contributed by atoms with Gasteiger partial charge in [-0.15, -0.1) is 0 Å². The second-order valence-electron chi connectivity index (χ2n) is 6.59.